The Labute approximate surface area is 123 Å². The number of Topliss-reactive ketones (excluding diaryl/α,β-unsaturated/α-hetero) is 1. The highest BCUT2D eigenvalue weighted by Crippen LogP contribution is 2.30. The number of nitriles is 1. The van der Waals surface area contributed by atoms with Gasteiger partial charge in [0.05, 0.1) is 12.8 Å². The zero-order chi connectivity index (χ0) is 15.6. The van der Waals surface area contributed by atoms with Crippen LogP contribution in [0.25, 0.3) is 4.85 Å². The molecule has 5 heteroatoms. The molecule has 0 atom stereocenters. The van der Waals surface area contributed by atoms with E-state index in [0.717, 1.165) is 38.5 Å². The second-order valence-corrected chi connectivity index (χ2v) is 11.1. The van der Waals surface area contributed by atoms with Crippen LogP contribution >= 0.6 is 0 Å². The van der Waals surface area contributed by atoms with Crippen molar-refractivity contribution in [3.05, 3.63) is 11.4 Å². The summed E-state index contributed by atoms with van der Waals surface area (Å²) < 4.78 is 0. The summed E-state index contributed by atoms with van der Waals surface area (Å²) in [6.45, 7) is 12.6. The van der Waals surface area contributed by atoms with E-state index < -0.39 is 13.8 Å². The Hall–Kier alpha value is -1.17. The van der Waals surface area contributed by atoms with Crippen LogP contribution in [0.2, 0.25) is 19.6 Å². The van der Waals surface area contributed by atoms with Gasteiger partial charge in [-0.25, -0.2) is 11.8 Å². The number of hydrogen-bond acceptors (Lipinski definition) is 3. The lowest BCUT2D eigenvalue weighted by Gasteiger charge is -2.03. The van der Waals surface area contributed by atoms with Crippen LogP contribution in [0.5, 0.6) is 0 Å². The lowest BCUT2D eigenvalue weighted by Crippen LogP contribution is -2.17. The summed E-state index contributed by atoms with van der Waals surface area (Å²) in [5, 5.41) is 17.4. The Bertz CT molecular complexity index is 374. The molecule has 2 aliphatic rings. The van der Waals surface area contributed by atoms with E-state index >= 15 is 0 Å². The summed E-state index contributed by atoms with van der Waals surface area (Å²) in [6.07, 6.45) is 7.35. The predicted molar refractivity (Wildman–Crippen MR) is 82.5 cm³/mol. The molecule has 2 rings (SSSR count). The molecule has 2 fully saturated rings. The molecule has 0 heterocycles. The molecule has 0 aromatic rings. The van der Waals surface area contributed by atoms with E-state index in [2.05, 4.69) is 10.5 Å². The summed E-state index contributed by atoms with van der Waals surface area (Å²) in [6, 6.07) is 0. The molecule has 1 N–H and O–H groups in total. The molecule has 0 aromatic carbocycles. The van der Waals surface area contributed by atoms with E-state index in [9.17, 15) is 4.79 Å². The van der Waals surface area contributed by atoms with Crippen LogP contribution in [0, 0.1) is 17.5 Å². The van der Waals surface area contributed by atoms with E-state index in [4.69, 9.17) is 16.9 Å². The second-order valence-electron chi connectivity index (χ2n) is 6.41. The van der Waals surface area contributed by atoms with E-state index in [0.29, 0.717) is 18.6 Å². The van der Waals surface area contributed by atoms with Crippen molar-refractivity contribution in [2.24, 2.45) is 0 Å². The normalized spacial score (nSPS) is 19.8. The number of nitrogens with zero attached hydrogens (tertiary/aromatic N) is 2. The van der Waals surface area contributed by atoms with E-state index in [1.807, 2.05) is 19.6 Å². The van der Waals surface area contributed by atoms with Crippen LogP contribution in [-0.4, -0.2) is 24.7 Å². The van der Waals surface area contributed by atoms with Gasteiger partial charge in [-0.05, 0) is 25.7 Å². The van der Waals surface area contributed by atoms with Crippen molar-refractivity contribution in [1.82, 2.24) is 0 Å². The second kappa shape index (κ2) is 8.89. The summed E-state index contributed by atoms with van der Waals surface area (Å²) in [5.41, 5.74) is 1.27. The van der Waals surface area contributed by atoms with Gasteiger partial charge in [-0.15, -0.1) is 0 Å². The van der Waals surface area contributed by atoms with Crippen molar-refractivity contribution < 1.29 is 9.90 Å². The molecule has 0 aromatic heterocycles. The fourth-order valence-corrected chi connectivity index (χ4v) is 1.82. The van der Waals surface area contributed by atoms with Gasteiger partial charge in [0.2, 0.25) is 0 Å². The highest BCUT2D eigenvalue weighted by molar-refractivity contribution is 6.83. The lowest BCUT2D eigenvalue weighted by atomic mass is 10.2. The third kappa shape index (κ3) is 9.72. The van der Waals surface area contributed by atoms with E-state index in [-0.39, 0.29) is 0 Å². The van der Waals surface area contributed by atoms with Crippen LogP contribution in [0.1, 0.15) is 51.4 Å². The van der Waals surface area contributed by atoms with Crippen LogP contribution in [-0.2, 0) is 4.79 Å². The highest BCUT2D eigenvalue weighted by atomic mass is 28.3. The summed E-state index contributed by atoms with van der Waals surface area (Å²) >= 11 is 0. The first-order valence-corrected chi connectivity index (χ1v) is 10.8. The molecule has 0 saturated heterocycles. The van der Waals surface area contributed by atoms with Crippen molar-refractivity contribution in [1.29, 1.82) is 5.26 Å². The maximum absolute atomic E-state index is 10.2. The molecule has 4 nitrogen and oxygen atoms in total. The van der Waals surface area contributed by atoms with Crippen LogP contribution in [0.3, 0.4) is 0 Å². The number of hydrogen-bond donors (Lipinski definition) is 1. The molecule has 0 amide bonds. The molecular formula is C15H26N2O2Si. The number of ketones is 1. The van der Waals surface area contributed by atoms with Gasteiger partial charge in [0.25, 0.3) is 0 Å². The van der Waals surface area contributed by atoms with Crippen LogP contribution in [0.4, 0.5) is 0 Å². The van der Waals surface area contributed by atoms with Crippen molar-refractivity contribution >= 4 is 13.9 Å². The number of aliphatic hydroxyl groups is 1. The van der Waals surface area contributed by atoms with Crippen molar-refractivity contribution in [3.8, 4) is 5.69 Å². The molecule has 0 radical (unpaired) electrons. The molecule has 2 saturated carbocycles. The van der Waals surface area contributed by atoms with Crippen molar-refractivity contribution in [3.63, 3.8) is 0 Å². The fraction of sp³-hybridized carbons (Fsp3) is 0.800. The van der Waals surface area contributed by atoms with Gasteiger partial charge in [0.15, 0.2) is 8.07 Å². The predicted octanol–water partition coefficient (Wildman–Crippen LogP) is 3.69. The van der Waals surface area contributed by atoms with Gasteiger partial charge in [-0.2, -0.15) is 0 Å². The SMILES string of the molecule is C[Si](C)(C)C#N.O=C1CCCC1.[C-]#[N+]C1(O)CCCC1. The van der Waals surface area contributed by atoms with Crippen LogP contribution < -0.4 is 0 Å². The molecule has 0 bridgehead atoms. The number of carbonyl (C=O) groups is 1. The Morgan fingerprint density at radius 2 is 1.60 bits per heavy atom. The minimum Gasteiger partial charge on any atom is -0.324 e. The quantitative estimate of drug-likeness (QED) is 0.547. The smallest absolute Gasteiger partial charge is 0.324 e. The Balaban J connectivity index is 0.000000276. The first-order chi connectivity index (χ1) is 9.22. The zero-order valence-corrected chi connectivity index (χ0v) is 13.9. The first kappa shape index (κ1) is 18.8. The molecule has 0 unspecified atom stereocenters. The molecular weight excluding hydrogens is 268 g/mol. The largest absolute Gasteiger partial charge is 0.334 e. The molecule has 20 heavy (non-hydrogen) atoms. The average molecular weight is 294 g/mol. The minimum atomic E-state index is -1.33. The topological polar surface area (TPSA) is 65.5 Å². The molecule has 2 aliphatic carbocycles. The Morgan fingerprint density at radius 3 is 1.75 bits per heavy atom. The third-order valence-electron chi connectivity index (χ3n) is 3.11. The monoisotopic (exact) mass is 294 g/mol. The third-order valence-corrected chi connectivity index (χ3v) is 3.78. The van der Waals surface area contributed by atoms with Crippen molar-refractivity contribution in [2.45, 2.75) is 76.7 Å². The Morgan fingerprint density at radius 1 is 1.20 bits per heavy atom. The fourth-order valence-electron chi connectivity index (χ4n) is 1.82. The Kier molecular flexibility index (Phi) is 8.37. The van der Waals surface area contributed by atoms with E-state index in [1.54, 1.807) is 0 Å². The molecule has 0 spiro atoms. The van der Waals surface area contributed by atoms with E-state index in [1.165, 1.54) is 0 Å². The first-order valence-electron chi connectivity index (χ1n) is 7.26. The summed E-state index contributed by atoms with van der Waals surface area (Å²) in [5.74, 6) is 0.454. The average Bonchev–Trinajstić information content (AvgIpc) is 3.02. The lowest BCUT2D eigenvalue weighted by molar-refractivity contribution is -0.117. The molecule has 112 valence electrons. The van der Waals surface area contributed by atoms with Gasteiger partial charge in [-0.3, -0.25) is 9.64 Å². The minimum absolute atomic E-state index is 0.454. The zero-order valence-electron chi connectivity index (χ0n) is 12.9. The van der Waals surface area contributed by atoms with Crippen LogP contribution in [0.15, 0.2) is 0 Å². The number of carbonyl (C=O) groups excluding carboxylic acids is 1. The van der Waals surface area contributed by atoms with Gasteiger partial charge < -0.3 is 5.11 Å². The standard InChI is InChI=1S/C6H9NO.C5H8O.C4H9NSi/c1-7-6(8)4-2-3-5-6;6-5-3-1-2-4-5;1-6(2,3)4-5/h8H,2-5H2;1-4H2;1-3H3. The summed E-state index contributed by atoms with van der Waals surface area (Å²) in [7, 11) is -1.33. The van der Waals surface area contributed by atoms with Gasteiger partial charge in [0.1, 0.15) is 5.78 Å². The van der Waals surface area contributed by atoms with Gasteiger partial charge >= 0.3 is 5.72 Å². The van der Waals surface area contributed by atoms with Gasteiger partial charge in [0, 0.05) is 18.5 Å². The molecule has 0 aliphatic heterocycles. The number of rotatable bonds is 0. The highest BCUT2D eigenvalue weighted by Gasteiger charge is 2.36. The summed E-state index contributed by atoms with van der Waals surface area (Å²) in [4.78, 5) is 13.4. The maximum atomic E-state index is 10.2. The van der Waals surface area contributed by atoms with Crippen molar-refractivity contribution in [2.75, 3.05) is 0 Å². The maximum Gasteiger partial charge on any atom is 0.334 e. The van der Waals surface area contributed by atoms with Gasteiger partial charge in [-0.1, -0.05) is 19.6 Å².